The van der Waals surface area contributed by atoms with Crippen LogP contribution < -0.4 is 0 Å². The van der Waals surface area contributed by atoms with Crippen LogP contribution in [0.25, 0.3) is 0 Å². The van der Waals surface area contributed by atoms with E-state index >= 15 is 0 Å². The minimum atomic E-state index is -0.241. The third kappa shape index (κ3) is 8.99. The van der Waals surface area contributed by atoms with Crippen molar-refractivity contribution in [3.05, 3.63) is 0 Å². The molecule has 0 radical (unpaired) electrons. The Bertz CT molecular complexity index is 227. The van der Waals surface area contributed by atoms with Crippen molar-refractivity contribution in [2.45, 2.75) is 102 Å². The number of unbranched alkanes of at least 4 members (excludes halogenated alkanes) is 9. The van der Waals surface area contributed by atoms with Crippen molar-refractivity contribution < 1.29 is 9.47 Å². The topological polar surface area (TPSA) is 18.5 Å². The summed E-state index contributed by atoms with van der Waals surface area (Å²) in [6.45, 7) is 6.44. The highest BCUT2D eigenvalue weighted by Crippen LogP contribution is 2.25. The van der Waals surface area contributed by atoms with Crippen molar-refractivity contribution in [3.8, 4) is 0 Å². The predicted molar refractivity (Wildman–Crippen MR) is 94.7 cm³/mol. The molecule has 0 spiro atoms. The van der Waals surface area contributed by atoms with Gasteiger partial charge in [0, 0.05) is 13.2 Å². The Labute approximate surface area is 135 Å². The molecular formula is C18H38O2Si. The zero-order valence-electron chi connectivity index (χ0n) is 14.6. The predicted octanol–water partition coefficient (Wildman–Crippen LogP) is 5.00. The SMILES string of the molecule is CCCCCCCCCCCCOC1([SiH2]C)CCCCO1. The first-order chi connectivity index (χ1) is 10.3. The van der Waals surface area contributed by atoms with Gasteiger partial charge in [0.1, 0.15) is 5.41 Å². The van der Waals surface area contributed by atoms with Gasteiger partial charge < -0.3 is 9.47 Å². The summed E-state index contributed by atoms with van der Waals surface area (Å²) in [7, 11) is -0.241. The van der Waals surface area contributed by atoms with Crippen LogP contribution in [-0.2, 0) is 9.47 Å². The van der Waals surface area contributed by atoms with Gasteiger partial charge >= 0.3 is 0 Å². The largest absolute Gasteiger partial charge is 0.354 e. The molecule has 0 aromatic heterocycles. The van der Waals surface area contributed by atoms with Crippen molar-refractivity contribution in [2.75, 3.05) is 13.2 Å². The standard InChI is InChI=1S/C18H38O2Si/c1-3-4-5-6-7-8-9-10-11-13-16-19-18(21-2)15-12-14-17-20-18/h3-17,21H2,1-2H3. The lowest BCUT2D eigenvalue weighted by Crippen LogP contribution is -2.44. The van der Waals surface area contributed by atoms with Crippen LogP contribution in [0.5, 0.6) is 0 Å². The minimum Gasteiger partial charge on any atom is -0.354 e. The van der Waals surface area contributed by atoms with Crippen molar-refractivity contribution in [3.63, 3.8) is 0 Å². The minimum absolute atomic E-state index is 0.0997. The molecule has 1 atom stereocenters. The monoisotopic (exact) mass is 314 g/mol. The first-order valence-electron chi connectivity index (χ1n) is 9.61. The Morgan fingerprint density at radius 3 is 2.05 bits per heavy atom. The first-order valence-corrected chi connectivity index (χ1v) is 11.7. The number of rotatable bonds is 13. The zero-order valence-corrected chi connectivity index (χ0v) is 16.0. The molecule has 0 amide bonds. The number of ether oxygens (including phenoxy) is 2. The smallest absolute Gasteiger partial charge is 0.144 e. The molecule has 1 rings (SSSR count). The summed E-state index contributed by atoms with van der Waals surface area (Å²) in [5, 5.41) is 0. The first kappa shape index (κ1) is 19.2. The summed E-state index contributed by atoms with van der Waals surface area (Å²) < 4.78 is 12.1. The van der Waals surface area contributed by atoms with Crippen molar-refractivity contribution >= 4 is 9.52 Å². The van der Waals surface area contributed by atoms with Crippen molar-refractivity contribution in [2.24, 2.45) is 0 Å². The van der Waals surface area contributed by atoms with E-state index in [-0.39, 0.29) is 14.9 Å². The summed E-state index contributed by atoms with van der Waals surface area (Å²) in [4.78, 5) is 0. The average Bonchev–Trinajstić information content (AvgIpc) is 2.53. The maximum absolute atomic E-state index is 6.13. The van der Waals surface area contributed by atoms with Crippen LogP contribution >= 0.6 is 0 Å². The highest BCUT2D eigenvalue weighted by molar-refractivity contribution is 6.37. The van der Waals surface area contributed by atoms with E-state index in [0.29, 0.717) is 0 Å². The molecular weight excluding hydrogens is 276 g/mol. The molecule has 1 unspecified atom stereocenters. The summed E-state index contributed by atoms with van der Waals surface area (Å²) in [5.74, 6) is 0. The second kappa shape index (κ2) is 12.7. The summed E-state index contributed by atoms with van der Waals surface area (Å²) >= 11 is 0. The molecule has 0 aromatic rings. The van der Waals surface area contributed by atoms with Gasteiger partial charge in [0.2, 0.25) is 0 Å². The molecule has 1 heterocycles. The molecule has 3 heteroatoms. The molecule has 126 valence electrons. The zero-order chi connectivity index (χ0) is 15.2. The highest BCUT2D eigenvalue weighted by Gasteiger charge is 2.31. The third-order valence-electron chi connectivity index (χ3n) is 4.72. The van der Waals surface area contributed by atoms with Crippen LogP contribution in [0.3, 0.4) is 0 Å². The van der Waals surface area contributed by atoms with Crippen molar-refractivity contribution in [1.82, 2.24) is 0 Å². The lowest BCUT2D eigenvalue weighted by molar-refractivity contribution is -0.200. The molecule has 0 aliphatic carbocycles. The van der Waals surface area contributed by atoms with Crippen LogP contribution in [0.2, 0.25) is 6.55 Å². The van der Waals surface area contributed by atoms with Crippen LogP contribution in [0.15, 0.2) is 0 Å². The van der Waals surface area contributed by atoms with E-state index in [1.807, 2.05) is 0 Å². The van der Waals surface area contributed by atoms with E-state index in [1.165, 1.54) is 77.0 Å². The Morgan fingerprint density at radius 2 is 1.52 bits per heavy atom. The van der Waals surface area contributed by atoms with Crippen LogP contribution in [0.4, 0.5) is 0 Å². The quantitative estimate of drug-likeness (QED) is 0.352. The van der Waals surface area contributed by atoms with Crippen molar-refractivity contribution in [1.29, 1.82) is 0 Å². The second-order valence-electron chi connectivity index (χ2n) is 6.60. The Hall–Kier alpha value is 0.137. The Kier molecular flexibility index (Phi) is 11.6. The van der Waals surface area contributed by atoms with Gasteiger partial charge in [-0.05, 0) is 25.7 Å². The Morgan fingerprint density at radius 1 is 0.905 bits per heavy atom. The summed E-state index contributed by atoms with van der Waals surface area (Å²) in [6, 6.07) is 0. The molecule has 1 aliphatic heterocycles. The molecule has 0 N–H and O–H groups in total. The lowest BCUT2D eigenvalue weighted by Gasteiger charge is -2.36. The highest BCUT2D eigenvalue weighted by atomic mass is 28.2. The van der Waals surface area contributed by atoms with Gasteiger partial charge in [-0.1, -0.05) is 71.3 Å². The summed E-state index contributed by atoms with van der Waals surface area (Å²) in [6.07, 6.45) is 17.5. The third-order valence-corrected chi connectivity index (χ3v) is 6.56. The van der Waals surface area contributed by atoms with E-state index < -0.39 is 0 Å². The van der Waals surface area contributed by atoms with E-state index in [1.54, 1.807) is 0 Å². The van der Waals surface area contributed by atoms with Gasteiger partial charge in [0.05, 0.1) is 9.52 Å². The van der Waals surface area contributed by atoms with Crippen LogP contribution in [0.1, 0.15) is 90.4 Å². The molecule has 0 saturated carbocycles. The molecule has 21 heavy (non-hydrogen) atoms. The fourth-order valence-corrected chi connectivity index (χ4v) is 4.47. The van der Waals surface area contributed by atoms with E-state index in [4.69, 9.17) is 9.47 Å². The van der Waals surface area contributed by atoms with Gasteiger partial charge in [-0.15, -0.1) is 0 Å². The van der Waals surface area contributed by atoms with E-state index in [0.717, 1.165) is 19.6 Å². The van der Waals surface area contributed by atoms with E-state index in [2.05, 4.69) is 13.5 Å². The van der Waals surface area contributed by atoms with Gasteiger partial charge in [-0.3, -0.25) is 0 Å². The summed E-state index contributed by atoms with van der Waals surface area (Å²) in [5.41, 5.74) is -0.0997. The number of hydrogen-bond acceptors (Lipinski definition) is 2. The van der Waals surface area contributed by atoms with Gasteiger partial charge in [-0.25, -0.2) is 0 Å². The van der Waals surface area contributed by atoms with Gasteiger partial charge in [-0.2, -0.15) is 0 Å². The normalized spacial score (nSPS) is 23.1. The molecule has 1 saturated heterocycles. The fraction of sp³-hybridized carbons (Fsp3) is 1.00. The molecule has 2 nitrogen and oxygen atoms in total. The molecule has 0 aromatic carbocycles. The number of hydrogen-bond donors (Lipinski definition) is 0. The van der Waals surface area contributed by atoms with Crippen LogP contribution in [0, 0.1) is 0 Å². The van der Waals surface area contributed by atoms with Gasteiger partial charge in [0.25, 0.3) is 0 Å². The molecule has 0 bridgehead atoms. The molecule has 1 fully saturated rings. The van der Waals surface area contributed by atoms with E-state index in [9.17, 15) is 0 Å². The maximum atomic E-state index is 6.13. The molecule has 1 aliphatic rings. The fourth-order valence-electron chi connectivity index (χ4n) is 3.17. The maximum Gasteiger partial charge on any atom is 0.144 e. The van der Waals surface area contributed by atoms with Crippen LogP contribution in [-0.4, -0.2) is 28.1 Å². The average molecular weight is 315 g/mol. The van der Waals surface area contributed by atoms with Gasteiger partial charge in [0.15, 0.2) is 0 Å². The Balaban J connectivity index is 1.87. The second-order valence-corrected chi connectivity index (χ2v) is 8.38. The lowest BCUT2D eigenvalue weighted by atomic mass is 10.1.